The lowest BCUT2D eigenvalue weighted by Crippen LogP contribution is -2.39. The zero-order chi connectivity index (χ0) is 11.3. The summed E-state index contributed by atoms with van der Waals surface area (Å²) in [6.45, 7) is 3.68. The third-order valence-electron chi connectivity index (χ3n) is 2.40. The van der Waals surface area contributed by atoms with Crippen molar-refractivity contribution in [2.24, 2.45) is 0 Å². The van der Waals surface area contributed by atoms with E-state index in [1.165, 1.54) is 17.1 Å². The highest BCUT2D eigenvalue weighted by Crippen LogP contribution is 2.18. The summed E-state index contributed by atoms with van der Waals surface area (Å²) in [7, 11) is -1.63. The Morgan fingerprint density at radius 2 is 2.07 bits per heavy atom. The number of rotatable bonds is 8. The second kappa shape index (κ2) is 5.79. The average molecular weight is 235 g/mol. The van der Waals surface area contributed by atoms with Crippen LogP contribution in [0.5, 0.6) is 0 Å². The summed E-state index contributed by atoms with van der Waals surface area (Å²) in [4.78, 5) is 0. The van der Waals surface area contributed by atoms with Crippen LogP contribution in [-0.2, 0) is 10.2 Å². The largest absolute Gasteiger partial charge is 0.314 e. The third-order valence-corrected chi connectivity index (χ3v) is 4.05. The van der Waals surface area contributed by atoms with Gasteiger partial charge in [0.15, 0.2) is 0 Å². The first kappa shape index (κ1) is 12.9. The summed E-state index contributed by atoms with van der Waals surface area (Å²) >= 11 is 0. The minimum atomic E-state index is -3.24. The van der Waals surface area contributed by atoms with Crippen molar-refractivity contribution < 1.29 is 8.42 Å². The molecule has 0 saturated heterocycles. The lowest BCUT2D eigenvalue weighted by Gasteiger charge is -2.16. The standard InChI is InChI=1S/C9H21N3O2S/c1-3-11-15(13,14)12(2)8-4-7-10-9-5-6-9/h9-11H,3-8H2,1-2H3. The summed E-state index contributed by atoms with van der Waals surface area (Å²) < 4.78 is 26.8. The van der Waals surface area contributed by atoms with Crippen LogP contribution in [0.3, 0.4) is 0 Å². The lowest BCUT2D eigenvalue weighted by atomic mass is 10.4. The molecule has 1 aliphatic carbocycles. The fraction of sp³-hybridized carbons (Fsp3) is 1.00. The van der Waals surface area contributed by atoms with Crippen LogP contribution in [0.15, 0.2) is 0 Å². The number of nitrogens with one attached hydrogen (secondary N) is 2. The molecule has 0 aromatic rings. The van der Waals surface area contributed by atoms with Gasteiger partial charge in [-0.2, -0.15) is 12.7 Å². The maximum atomic E-state index is 11.5. The van der Waals surface area contributed by atoms with Crippen LogP contribution in [0.4, 0.5) is 0 Å². The van der Waals surface area contributed by atoms with E-state index in [-0.39, 0.29) is 0 Å². The highest BCUT2D eigenvalue weighted by molar-refractivity contribution is 7.87. The molecule has 0 aromatic heterocycles. The molecule has 0 spiro atoms. The molecule has 0 heterocycles. The van der Waals surface area contributed by atoms with Gasteiger partial charge in [-0.3, -0.25) is 0 Å². The van der Waals surface area contributed by atoms with Gasteiger partial charge in [-0.1, -0.05) is 6.92 Å². The predicted molar refractivity (Wildman–Crippen MR) is 60.9 cm³/mol. The molecular weight excluding hydrogens is 214 g/mol. The van der Waals surface area contributed by atoms with Gasteiger partial charge in [-0.15, -0.1) is 0 Å². The van der Waals surface area contributed by atoms with Gasteiger partial charge in [0.1, 0.15) is 0 Å². The van der Waals surface area contributed by atoms with Crippen LogP contribution in [0.2, 0.25) is 0 Å². The quantitative estimate of drug-likeness (QED) is 0.578. The van der Waals surface area contributed by atoms with E-state index in [1.54, 1.807) is 14.0 Å². The van der Waals surface area contributed by atoms with E-state index in [9.17, 15) is 8.42 Å². The molecule has 15 heavy (non-hydrogen) atoms. The minimum Gasteiger partial charge on any atom is -0.314 e. The highest BCUT2D eigenvalue weighted by atomic mass is 32.2. The van der Waals surface area contributed by atoms with Crippen LogP contribution in [0.1, 0.15) is 26.2 Å². The summed E-state index contributed by atoms with van der Waals surface area (Å²) in [5.74, 6) is 0. The van der Waals surface area contributed by atoms with Gasteiger partial charge in [0.05, 0.1) is 0 Å². The van der Waals surface area contributed by atoms with E-state index in [0.29, 0.717) is 19.1 Å². The fourth-order valence-electron chi connectivity index (χ4n) is 1.31. The normalized spacial score (nSPS) is 17.3. The highest BCUT2D eigenvalue weighted by Gasteiger charge is 2.20. The van der Waals surface area contributed by atoms with Crippen molar-refractivity contribution in [1.29, 1.82) is 0 Å². The van der Waals surface area contributed by atoms with Crippen LogP contribution in [-0.4, -0.2) is 45.4 Å². The van der Waals surface area contributed by atoms with E-state index in [2.05, 4.69) is 10.0 Å². The SMILES string of the molecule is CCNS(=O)(=O)N(C)CCCNC1CC1. The molecule has 0 bridgehead atoms. The first-order chi connectivity index (χ1) is 7.06. The number of nitrogens with zero attached hydrogens (tertiary/aromatic N) is 1. The summed E-state index contributed by atoms with van der Waals surface area (Å²) in [5.41, 5.74) is 0. The zero-order valence-electron chi connectivity index (χ0n) is 9.49. The first-order valence-electron chi connectivity index (χ1n) is 5.50. The van der Waals surface area contributed by atoms with Crippen molar-refractivity contribution >= 4 is 10.2 Å². The molecule has 0 unspecified atom stereocenters. The van der Waals surface area contributed by atoms with Gasteiger partial charge in [0.25, 0.3) is 10.2 Å². The number of hydrogen-bond donors (Lipinski definition) is 2. The smallest absolute Gasteiger partial charge is 0.279 e. The van der Waals surface area contributed by atoms with Gasteiger partial charge >= 0.3 is 0 Å². The van der Waals surface area contributed by atoms with Crippen molar-refractivity contribution in [3.63, 3.8) is 0 Å². The third kappa shape index (κ3) is 4.92. The molecule has 0 atom stereocenters. The Labute approximate surface area is 92.4 Å². The number of hydrogen-bond acceptors (Lipinski definition) is 3. The molecule has 6 heteroatoms. The minimum absolute atomic E-state index is 0.437. The monoisotopic (exact) mass is 235 g/mol. The average Bonchev–Trinajstić information content (AvgIpc) is 2.95. The van der Waals surface area contributed by atoms with Crippen LogP contribution >= 0.6 is 0 Å². The van der Waals surface area contributed by atoms with Gasteiger partial charge in [0, 0.05) is 26.2 Å². The molecule has 1 rings (SSSR count). The maximum Gasteiger partial charge on any atom is 0.279 e. The molecular formula is C9H21N3O2S. The molecule has 0 aliphatic heterocycles. The second-order valence-corrected chi connectivity index (χ2v) is 5.77. The molecule has 1 fully saturated rings. The molecule has 1 saturated carbocycles. The summed E-state index contributed by atoms with van der Waals surface area (Å²) in [6, 6.07) is 0.695. The van der Waals surface area contributed by atoms with E-state index < -0.39 is 10.2 Å². The van der Waals surface area contributed by atoms with Gasteiger partial charge in [-0.05, 0) is 25.8 Å². The molecule has 0 aromatic carbocycles. The van der Waals surface area contributed by atoms with E-state index in [4.69, 9.17) is 0 Å². The van der Waals surface area contributed by atoms with Crippen LogP contribution in [0, 0.1) is 0 Å². The Hall–Kier alpha value is -0.170. The fourth-order valence-corrected chi connectivity index (χ4v) is 2.26. The van der Waals surface area contributed by atoms with Crippen molar-refractivity contribution in [3.8, 4) is 0 Å². The Kier molecular flexibility index (Phi) is 4.98. The van der Waals surface area contributed by atoms with Crippen LogP contribution in [0.25, 0.3) is 0 Å². The molecule has 0 radical (unpaired) electrons. The molecule has 1 aliphatic rings. The molecule has 90 valence electrons. The first-order valence-corrected chi connectivity index (χ1v) is 6.94. The van der Waals surface area contributed by atoms with E-state index in [1.807, 2.05) is 0 Å². The Bertz CT molecular complexity index is 275. The topological polar surface area (TPSA) is 61.4 Å². The lowest BCUT2D eigenvalue weighted by molar-refractivity contribution is 0.445. The van der Waals surface area contributed by atoms with E-state index in [0.717, 1.165) is 13.0 Å². The van der Waals surface area contributed by atoms with Gasteiger partial charge in [0.2, 0.25) is 0 Å². The van der Waals surface area contributed by atoms with E-state index >= 15 is 0 Å². The second-order valence-electron chi connectivity index (χ2n) is 3.91. The van der Waals surface area contributed by atoms with Gasteiger partial charge < -0.3 is 5.32 Å². The molecule has 2 N–H and O–H groups in total. The molecule has 0 amide bonds. The summed E-state index contributed by atoms with van der Waals surface area (Å²) in [6.07, 6.45) is 3.40. The Balaban J connectivity index is 2.12. The Morgan fingerprint density at radius 1 is 1.40 bits per heavy atom. The summed E-state index contributed by atoms with van der Waals surface area (Å²) in [5, 5.41) is 3.35. The maximum absolute atomic E-state index is 11.5. The predicted octanol–water partition coefficient (Wildman–Crippen LogP) is -0.0854. The Morgan fingerprint density at radius 3 is 2.60 bits per heavy atom. The van der Waals surface area contributed by atoms with Crippen LogP contribution < -0.4 is 10.0 Å². The van der Waals surface area contributed by atoms with Crippen molar-refractivity contribution in [2.45, 2.75) is 32.2 Å². The molecule has 5 nitrogen and oxygen atoms in total. The van der Waals surface area contributed by atoms with Crippen molar-refractivity contribution in [3.05, 3.63) is 0 Å². The van der Waals surface area contributed by atoms with Gasteiger partial charge in [-0.25, -0.2) is 4.72 Å². The van der Waals surface area contributed by atoms with Crippen molar-refractivity contribution in [1.82, 2.24) is 14.3 Å². The zero-order valence-corrected chi connectivity index (χ0v) is 10.3. The van der Waals surface area contributed by atoms with Crippen molar-refractivity contribution in [2.75, 3.05) is 26.7 Å².